The lowest BCUT2D eigenvalue weighted by molar-refractivity contribution is -0.131. The van der Waals surface area contributed by atoms with Crippen LogP contribution in [0.3, 0.4) is 0 Å². The van der Waals surface area contributed by atoms with E-state index in [1.807, 2.05) is 29.2 Å². The Hall–Kier alpha value is -2.07. The van der Waals surface area contributed by atoms with Gasteiger partial charge in [-0.25, -0.2) is 0 Å². The average molecular weight is 340 g/mol. The smallest absolute Gasteiger partial charge is 0.226 e. The van der Waals surface area contributed by atoms with Crippen molar-refractivity contribution >= 4 is 16.7 Å². The molecule has 1 fully saturated rings. The molecule has 25 heavy (non-hydrogen) atoms. The molecule has 1 amide bonds. The molecule has 0 saturated carbocycles. The molecule has 1 heterocycles. The van der Waals surface area contributed by atoms with Gasteiger partial charge in [0.05, 0.1) is 13.5 Å². The molecule has 0 spiro atoms. The first-order valence-electron chi connectivity index (χ1n) is 9.15. The number of amides is 1. The largest absolute Gasteiger partial charge is 0.497 e. The van der Waals surface area contributed by atoms with Crippen molar-refractivity contribution in [2.45, 2.75) is 45.2 Å². The third-order valence-electron chi connectivity index (χ3n) is 4.88. The quantitative estimate of drug-likeness (QED) is 0.907. The van der Waals surface area contributed by atoms with Gasteiger partial charge in [0.1, 0.15) is 5.75 Å². The molecule has 4 nitrogen and oxygen atoms in total. The molecule has 1 aliphatic rings. The van der Waals surface area contributed by atoms with Crippen molar-refractivity contribution in [3.63, 3.8) is 0 Å². The first-order chi connectivity index (χ1) is 12.0. The van der Waals surface area contributed by atoms with E-state index in [-0.39, 0.29) is 5.91 Å². The monoisotopic (exact) mass is 340 g/mol. The van der Waals surface area contributed by atoms with Crippen LogP contribution in [-0.2, 0) is 11.2 Å². The number of likely N-dealkylation sites (tertiary alicyclic amines) is 1. The summed E-state index contributed by atoms with van der Waals surface area (Å²) in [6, 6.07) is 13.3. The molecule has 2 aromatic rings. The molecule has 134 valence electrons. The van der Waals surface area contributed by atoms with Crippen molar-refractivity contribution in [3.05, 3.63) is 42.0 Å². The van der Waals surface area contributed by atoms with Crippen LogP contribution in [0.2, 0.25) is 0 Å². The zero-order valence-corrected chi connectivity index (χ0v) is 15.4. The molecular formula is C21H28N2O2. The molecule has 3 rings (SSSR count). The molecule has 0 radical (unpaired) electrons. The van der Waals surface area contributed by atoms with Gasteiger partial charge in [0.15, 0.2) is 0 Å². The van der Waals surface area contributed by atoms with Crippen LogP contribution in [0.5, 0.6) is 5.75 Å². The van der Waals surface area contributed by atoms with Crippen LogP contribution in [0.4, 0.5) is 0 Å². The first-order valence-corrected chi connectivity index (χ1v) is 9.15. The minimum absolute atomic E-state index is 0.232. The highest BCUT2D eigenvalue weighted by Gasteiger charge is 2.22. The number of rotatable bonds is 5. The predicted octanol–water partition coefficient (Wildman–Crippen LogP) is 3.38. The topological polar surface area (TPSA) is 41.6 Å². The van der Waals surface area contributed by atoms with E-state index in [2.05, 4.69) is 31.3 Å². The van der Waals surface area contributed by atoms with E-state index in [4.69, 9.17) is 4.74 Å². The molecule has 1 aliphatic heterocycles. The number of benzene rings is 2. The molecule has 2 aromatic carbocycles. The second-order valence-corrected chi connectivity index (χ2v) is 7.20. The fourth-order valence-electron chi connectivity index (χ4n) is 3.56. The van der Waals surface area contributed by atoms with Gasteiger partial charge in [-0.15, -0.1) is 0 Å². The molecule has 1 saturated heterocycles. The van der Waals surface area contributed by atoms with Gasteiger partial charge in [0.2, 0.25) is 5.91 Å². The van der Waals surface area contributed by atoms with Crippen LogP contribution in [0.15, 0.2) is 36.4 Å². The highest BCUT2D eigenvalue weighted by molar-refractivity contribution is 5.86. The number of fused-ring (bicyclic) bond motifs is 1. The van der Waals surface area contributed by atoms with Crippen molar-refractivity contribution in [2.24, 2.45) is 0 Å². The lowest BCUT2D eigenvalue weighted by Gasteiger charge is -2.33. The summed E-state index contributed by atoms with van der Waals surface area (Å²) in [7, 11) is 1.67. The number of carbonyl (C=O) groups excluding carboxylic acids is 1. The molecule has 4 heteroatoms. The van der Waals surface area contributed by atoms with Gasteiger partial charge in [0.25, 0.3) is 0 Å². The van der Waals surface area contributed by atoms with E-state index < -0.39 is 0 Å². The Morgan fingerprint density at radius 1 is 1.16 bits per heavy atom. The van der Waals surface area contributed by atoms with E-state index in [0.717, 1.165) is 48.0 Å². The van der Waals surface area contributed by atoms with Gasteiger partial charge in [0, 0.05) is 25.2 Å². The summed E-state index contributed by atoms with van der Waals surface area (Å²) >= 11 is 0. The Labute approximate surface area is 150 Å². The fourth-order valence-corrected chi connectivity index (χ4v) is 3.56. The second-order valence-electron chi connectivity index (χ2n) is 7.20. The summed E-state index contributed by atoms with van der Waals surface area (Å²) in [5.41, 5.74) is 1.07. The molecule has 0 atom stereocenters. The predicted molar refractivity (Wildman–Crippen MR) is 102 cm³/mol. The second kappa shape index (κ2) is 7.87. The summed E-state index contributed by atoms with van der Waals surface area (Å²) in [6.07, 6.45) is 2.56. The summed E-state index contributed by atoms with van der Waals surface area (Å²) in [5.74, 6) is 1.09. The Morgan fingerprint density at radius 2 is 1.84 bits per heavy atom. The third kappa shape index (κ3) is 4.51. The lowest BCUT2D eigenvalue weighted by Crippen LogP contribution is -2.47. The van der Waals surface area contributed by atoms with E-state index in [0.29, 0.717) is 18.5 Å². The van der Waals surface area contributed by atoms with E-state index in [9.17, 15) is 4.79 Å². The van der Waals surface area contributed by atoms with E-state index in [1.54, 1.807) is 7.11 Å². The van der Waals surface area contributed by atoms with Crippen molar-refractivity contribution in [2.75, 3.05) is 20.2 Å². The normalized spacial score (nSPS) is 15.8. The van der Waals surface area contributed by atoms with Gasteiger partial charge in [-0.1, -0.05) is 38.1 Å². The van der Waals surface area contributed by atoms with E-state index in [1.165, 1.54) is 0 Å². The molecule has 0 unspecified atom stereocenters. The minimum atomic E-state index is 0.232. The standard InChI is InChI=1S/C21H28N2O2/c1-15(2)22-19-8-10-23(11-9-19)21(24)13-16-4-5-18-14-20(25-3)7-6-17(18)12-16/h4-7,12,14-15,19,22H,8-11,13H2,1-3H3. The number of nitrogens with zero attached hydrogens (tertiary/aromatic N) is 1. The fraction of sp³-hybridized carbons (Fsp3) is 0.476. The molecular weight excluding hydrogens is 312 g/mol. The number of piperidine rings is 1. The molecule has 1 N–H and O–H groups in total. The van der Waals surface area contributed by atoms with Gasteiger partial charge in [-0.3, -0.25) is 4.79 Å². The summed E-state index contributed by atoms with van der Waals surface area (Å²) < 4.78 is 5.26. The first kappa shape index (κ1) is 17.7. The zero-order chi connectivity index (χ0) is 17.8. The third-order valence-corrected chi connectivity index (χ3v) is 4.88. The van der Waals surface area contributed by atoms with Crippen LogP contribution < -0.4 is 10.1 Å². The lowest BCUT2D eigenvalue weighted by atomic mass is 10.0. The number of ether oxygens (including phenoxy) is 1. The maximum atomic E-state index is 12.6. The van der Waals surface area contributed by atoms with Crippen molar-refractivity contribution in [3.8, 4) is 5.75 Å². The van der Waals surface area contributed by atoms with Crippen molar-refractivity contribution < 1.29 is 9.53 Å². The van der Waals surface area contributed by atoms with Crippen LogP contribution in [0.1, 0.15) is 32.3 Å². The van der Waals surface area contributed by atoms with Gasteiger partial charge < -0.3 is 15.0 Å². The number of nitrogens with one attached hydrogen (secondary N) is 1. The number of hydrogen-bond donors (Lipinski definition) is 1. The highest BCUT2D eigenvalue weighted by Crippen LogP contribution is 2.22. The average Bonchev–Trinajstić information content (AvgIpc) is 2.61. The van der Waals surface area contributed by atoms with Gasteiger partial charge in [-0.05, 0) is 41.3 Å². The molecule has 0 aromatic heterocycles. The summed E-state index contributed by atoms with van der Waals surface area (Å²) in [6.45, 7) is 6.06. The summed E-state index contributed by atoms with van der Waals surface area (Å²) in [4.78, 5) is 14.6. The van der Waals surface area contributed by atoms with Crippen LogP contribution in [-0.4, -0.2) is 43.1 Å². The number of methoxy groups -OCH3 is 1. The maximum Gasteiger partial charge on any atom is 0.226 e. The Morgan fingerprint density at radius 3 is 2.52 bits per heavy atom. The van der Waals surface area contributed by atoms with Crippen molar-refractivity contribution in [1.29, 1.82) is 0 Å². The number of hydrogen-bond acceptors (Lipinski definition) is 3. The van der Waals surface area contributed by atoms with Crippen molar-refractivity contribution in [1.82, 2.24) is 10.2 Å². The van der Waals surface area contributed by atoms with Gasteiger partial charge >= 0.3 is 0 Å². The van der Waals surface area contributed by atoms with Crippen LogP contribution in [0, 0.1) is 0 Å². The molecule has 0 aliphatic carbocycles. The van der Waals surface area contributed by atoms with Crippen LogP contribution in [0.25, 0.3) is 10.8 Å². The zero-order valence-electron chi connectivity index (χ0n) is 15.4. The highest BCUT2D eigenvalue weighted by atomic mass is 16.5. The molecule has 0 bridgehead atoms. The maximum absolute atomic E-state index is 12.6. The Balaban J connectivity index is 1.60. The SMILES string of the molecule is COc1ccc2cc(CC(=O)N3CCC(NC(C)C)CC3)ccc2c1. The summed E-state index contributed by atoms with van der Waals surface area (Å²) in [5, 5.41) is 5.85. The van der Waals surface area contributed by atoms with Gasteiger partial charge in [-0.2, -0.15) is 0 Å². The van der Waals surface area contributed by atoms with Crippen LogP contribution >= 0.6 is 0 Å². The Bertz CT molecular complexity index is 734. The minimum Gasteiger partial charge on any atom is -0.497 e. The Kier molecular flexibility index (Phi) is 5.59. The number of carbonyl (C=O) groups is 1. The van der Waals surface area contributed by atoms with E-state index >= 15 is 0 Å².